The Morgan fingerprint density at radius 2 is 1.85 bits per heavy atom. The Balaban J connectivity index is 1.84. The summed E-state index contributed by atoms with van der Waals surface area (Å²) < 4.78 is 50.3. The highest BCUT2D eigenvalue weighted by molar-refractivity contribution is 5.97. The number of fused-ring (bicyclic) bond motifs is 1. The zero-order chi connectivity index (χ0) is 19.6. The van der Waals surface area contributed by atoms with Crippen molar-refractivity contribution in [3.8, 4) is 11.5 Å². The molecule has 0 aliphatic rings. The van der Waals surface area contributed by atoms with Crippen LogP contribution in [-0.2, 0) is 4.74 Å². The number of carbonyl (C=O) groups excluding carboxylic acids is 1. The van der Waals surface area contributed by atoms with Crippen LogP contribution in [0.2, 0.25) is 0 Å². The summed E-state index contributed by atoms with van der Waals surface area (Å²) in [4.78, 5) is 19.1. The van der Waals surface area contributed by atoms with Crippen molar-refractivity contribution in [3.05, 3.63) is 42.0 Å². The number of esters is 1. The summed E-state index contributed by atoms with van der Waals surface area (Å²) in [5.74, 6) is -0.242. The van der Waals surface area contributed by atoms with E-state index in [2.05, 4.69) is 20.0 Å². The van der Waals surface area contributed by atoms with Crippen molar-refractivity contribution in [3.63, 3.8) is 0 Å². The number of aromatic nitrogens is 2. The number of hydrogen-bond acceptors (Lipinski definition) is 6. The molecule has 0 saturated heterocycles. The molecule has 3 rings (SSSR count). The quantitative estimate of drug-likeness (QED) is 0.650. The molecule has 1 heterocycles. The van der Waals surface area contributed by atoms with Gasteiger partial charge in [-0.2, -0.15) is 0 Å². The zero-order valence-corrected chi connectivity index (χ0v) is 14.2. The highest BCUT2D eigenvalue weighted by Crippen LogP contribution is 2.28. The van der Waals surface area contributed by atoms with Crippen LogP contribution in [0.1, 0.15) is 10.4 Å². The predicted octanol–water partition coefficient (Wildman–Crippen LogP) is 4.00. The molecule has 0 saturated carbocycles. The molecular formula is C17H14F3N3O4. The van der Waals surface area contributed by atoms with Crippen molar-refractivity contribution in [2.75, 3.05) is 19.5 Å². The Hall–Kier alpha value is -3.43. The fourth-order valence-corrected chi connectivity index (χ4v) is 2.41. The third-order valence-corrected chi connectivity index (χ3v) is 3.56. The van der Waals surface area contributed by atoms with E-state index in [1.54, 1.807) is 6.07 Å². The van der Waals surface area contributed by atoms with Gasteiger partial charge in [0.15, 0.2) is 0 Å². The van der Waals surface area contributed by atoms with Gasteiger partial charge in [0, 0.05) is 11.8 Å². The SMILES string of the molecule is COC(=O)c1cc2nc(Nc3ccc(OC(F)(F)F)cc3)[nH]c2cc1OC. The molecule has 0 atom stereocenters. The number of aromatic amines is 1. The average Bonchev–Trinajstić information content (AvgIpc) is 3.01. The van der Waals surface area contributed by atoms with E-state index in [1.165, 1.54) is 44.6 Å². The maximum atomic E-state index is 12.2. The smallest absolute Gasteiger partial charge is 0.496 e. The Kier molecular flexibility index (Phi) is 4.80. The molecule has 3 aromatic rings. The monoisotopic (exact) mass is 381 g/mol. The Morgan fingerprint density at radius 1 is 1.15 bits per heavy atom. The van der Waals surface area contributed by atoms with Crippen LogP contribution in [0.3, 0.4) is 0 Å². The average molecular weight is 381 g/mol. The number of benzene rings is 2. The first-order chi connectivity index (χ1) is 12.8. The van der Waals surface area contributed by atoms with Gasteiger partial charge in [0.25, 0.3) is 0 Å². The van der Waals surface area contributed by atoms with Crippen LogP contribution in [0, 0.1) is 0 Å². The molecule has 0 amide bonds. The number of alkyl halides is 3. The van der Waals surface area contributed by atoms with E-state index in [1.807, 2.05) is 0 Å². The van der Waals surface area contributed by atoms with Crippen molar-refractivity contribution in [2.45, 2.75) is 6.36 Å². The van der Waals surface area contributed by atoms with Gasteiger partial charge >= 0.3 is 12.3 Å². The van der Waals surface area contributed by atoms with E-state index < -0.39 is 12.3 Å². The second-order valence-corrected chi connectivity index (χ2v) is 5.34. The number of carbonyl (C=O) groups is 1. The Bertz CT molecular complexity index is 968. The number of anilines is 2. The first kappa shape index (κ1) is 18.4. The summed E-state index contributed by atoms with van der Waals surface area (Å²) >= 11 is 0. The molecule has 142 valence electrons. The van der Waals surface area contributed by atoms with Gasteiger partial charge in [0.1, 0.15) is 17.1 Å². The van der Waals surface area contributed by atoms with Gasteiger partial charge in [-0.25, -0.2) is 9.78 Å². The molecule has 0 bridgehead atoms. The van der Waals surface area contributed by atoms with Crippen molar-refractivity contribution in [1.82, 2.24) is 9.97 Å². The topological polar surface area (TPSA) is 85.5 Å². The van der Waals surface area contributed by atoms with Gasteiger partial charge < -0.3 is 24.5 Å². The molecule has 2 aromatic carbocycles. The molecule has 0 aliphatic carbocycles. The third-order valence-electron chi connectivity index (χ3n) is 3.56. The Morgan fingerprint density at radius 3 is 2.44 bits per heavy atom. The minimum absolute atomic E-state index is 0.221. The van der Waals surface area contributed by atoms with Crippen LogP contribution in [-0.4, -0.2) is 36.5 Å². The van der Waals surface area contributed by atoms with Gasteiger partial charge in [-0.1, -0.05) is 0 Å². The van der Waals surface area contributed by atoms with E-state index >= 15 is 0 Å². The number of methoxy groups -OCH3 is 2. The van der Waals surface area contributed by atoms with E-state index in [-0.39, 0.29) is 11.3 Å². The van der Waals surface area contributed by atoms with Gasteiger partial charge in [-0.15, -0.1) is 13.2 Å². The summed E-state index contributed by atoms with van der Waals surface area (Å²) in [6.45, 7) is 0. The highest BCUT2D eigenvalue weighted by Gasteiger charge is 2.30. The van der Waals surface area contributed by atoms with Crippen molar-refractivity contribution in [2.24, 2.45) is 0 Å². The Labute approximate surface area is 151 Å². The van der Waals surface area contributed by atoms with Crippen LogP contribution in [0.15, 0.2) is 36.4 Å². The summed E-state index contributed by atoms with van der Waals surface area (Å²) in [6.07, 6.45) is -4.75. The van der Waals surface area contributed by atoms with Crippen LogP contribution in [0.25, 0.3) is 11.0 Å². The van der Waals surface area contributed by atoms with Crippen molar-refractivity contribution < 1.29 is 32.2 Å². The molecule has 1 aromatic heterocycles. The molecule has 0 radical (unpaired) electrons. The molecule has 2 N–H and O–H groups in total. The van der Waals surface area contributed by atoms with Crippen molar-refractivity contribution in [1.29, 1.82) is 0 Å². The van der Waals surface area contributed by atoms with E-state index in [0.717, 1.165) is 0 Å². The molecule has 0 fully saturated rings. The molecular weight excluding hydrogens is 367 g/mol. The minimum Gasteiger partial charge on any atom is -0.496 e. The summed E-state index contributed by atoms with van der Waals surface area (Å²) in [5.41, 5.74) is 1.79. The lowest BCUT2D eigenvalue weighted by Gasteiger charge is -2.09. The number of halogens is 3. The number of nitrogens with one attached hydrogen (secondary N) is 2. The second kappa shape index (κ2) is 7.06. The molecule has 0 aliphatic heterocycles. The highest BCUT2D eigenvalue weighted by atomic mass is 19.4. The second-order valence-electron chi connectivity index (χ2n) is 5.34. The van der Waals surface area contributed by atoms with Gasteiger partial charge in [-0.3, -0.25) is 0 Å². The van der Waals surface area contributed by atoms with Crippen LogP contribution < -0.4 is 14.8 Å². The van der Waals surface area contributed by atoms with Gasteiger partial charge in [0.2, 0.25) is 5.95 Å². The lowest BCUT2D eigenvalue weighted by atomic mass is 10.2. The molecule has 27 heavy (non-hydrogen) atoms. The fraction of sp³-hybridized carbons (Fsp3) is 0.176. The maximum absolute atomic E-state index is 12.2. The number of imidazole rings is 1. The van der Waals surface area contributed by atoms with Gasteiger partial charge in [0.05, 0.1) is 25.3 Å². The van der Waals surface area contributed by atoms with E-state index in [4.69, 9.17) is 9.47 Å². The van der Waals surface area contributed by atoms with Crippen molar-refractivity contribution >= 4 is 28.6 Å². The minimum atomic E-state index is -4.75. The number of ether oxygens (including phenoxy) is 3. The summed E-state index contributed by atoms with van der Waals surface area (Å²) in [5, 5.41) is 2.92. The lowest BCUT2D eigenvalue weighted by Crippen LogP contribution is -2.16. The molecule has 0 unspecified atom stereocenters. The van der Waals surface area contributed by atoms with E-state index in [9.17, 15) is 18.0 Å². The lowest BCUT2D eigenvalue weighted by molar-refractivity contribution is -0.274. The van der Waals surface area contributed by atoms with Crippen LogP contribution in [0.5, 0.6) is 11.5 Å². The number of hydrogen-bond donors (Lipinski definition) is 2. The normalized spacial score (nSPS) is 11.3. The molecule has 0 spiro atoms. The molecule has 10 heteroatoms. The standard InChI is InChI=1S/C17H14F3N3O4/c1-25-14-8-13-12(7-11(14)15(24)26-2)22-16(23-13)21-9-3-5-10(6-4-9)27-17(18,19)20/h3-8H,1-2H3,(H2,21,22,23). The zero-order valence-electron chi connectivity index (χ0n) is 14.2. The summed E-state index contributed by atoms with van der Waals surface area (Å²) in [6, 6.07) is 8.29. The number of nitrogens with zero attached hydrogens (tertiary/aromatic N) is 1. The largest absolute Gasteiger partial charge is 0.573 e. The van der Waals surface area contributed by atoms with E-state index in [0.29, 0.717) is 28.4 Å². The van der Waals surface area contributed by atoms with Gasteiger partial charge in [-0.05, 0) is 30.3 Å². The maximum Gasteiger partial charge on any atom is 0.573 e. The predicted molar refractivity (Wildman–Crippen MR) is 90.4 cm³/mol. The first-order valence-electron chi connectivity index (χ1n) is 7.58. The molecule has 7 nitrogen and oxygen atoms in total. The third kappa shape index (κ3) is 4.22. The van der Waals surface area contributed by atoms with Crippen LogP contribution in [0.4, 0.5) is 24.8 Å². The fourth-order valence-electron chi connectivity index (χ4n) is 2.41. The summed E-state index contributed by atoms with van der Waals surface area (Å²) in [7, 11) is 2.68. The van der Waals surface area contributed by atoms with Crippen LogP contribution >= 0.6 is 0 Å². The number of rotatable bonds is 5. The first-order valence-corrected chi connectivity index (χ1v) is 7.58. The number of H-pyrrole nitrogens is 1.